The van der Waals surface area contributed by atoms with Crippen LogP contribution in [-0.2, 0) is 0 Å². The molecule has 5 atom stereocenters. The quantitative estimate of drug-likeness (QED) is 0.638. The summed E-state index contributed by atoms with van der Waals surface area (Å²) in [6.45, 7) is -0.522. The summed E-state index contributed by atoms with van der Waals surface area (Å²) in [6, 6.07) is 2.19. The number of Topliss-reactive ketones (excluding diaryl/α,β-unsaturated/α-hetero) is 1. The van der Waals surface area contributed by atoms with E-state index in [-0.39, 0.29) is 11.8 Å². The maximum atomic E-state index is 12.2. The van der Waals surface area contributed by atoms with Crippen LogP contribution in [0.2, 0.25) is 0 Å². The highest BCUT2D eigenvalue weighted by molar-refractivity contribution is 6.08. The van der Waals surface area contributed by atoms with Crippen molar-refractivity contribution in [2.75, 3.05) is 11.9 Å². The van der Waals surface area contributed by atoms with Crippen LogP contribution < -0.4 is 5.32 Å². The molecule has 2 aromatic heterocycles. The fourth-order valence-corrected chi connectivity index (χ4v) is 5.84. The molecule has 0 aromatic carbocycles. The topological polar surface area (TPSA) is 98.2 Å². The van der Waals surface area contributed by atoms with E-state index in [1.807, 2.05) is 12.3 Å². The zero-order valence-electron chi connectivity index (χ0n) is 14.0. The number of H-pyrrole nitrogens is 1. The molecule has 0 radical (unpaired) electrons. The lowest BCUT2D eigenvalue weighted by Crippen LogP contribution is -2.59. The van der Waals surface area contributed by atoms with Gasteiger partial charge < -0.3 is 20.5 Å². The van der Waals surface area contributed by atoms with E-state index < -0.39 is 12.2 Å². The Morgan fingerprint density at radius 1 is 1.32 bits per heavy atom. The van der Waals surface area contributed by atoms with Crippen LogP contribution in [0.5, 0.6) is 0 Å². The summed E-state index contributed by atoms with van der Waals surface area (Å²) in [4.78, 5) is 19.6. The van der Waals surface area contributed by atoms with E-state index in [9.17, 15) is 15.0 Å². The molecular weight excluding hydrogens is 318 g/mol. The van der Waals surface area contributed by atoms with Gasteiger partial charge in [-0.25, -0.2) is 4.98 Å². The number of carbonyl (C=O) groups is 1. The summed E-state index contributed by atoms with van der Waals surface area (Å²) in [5.74, 6) is 1.20. The van der Waals surface area contributed by atoms with Gasteiger partial charge in [0, 0.05) is 23.8 Å². The van der Waals surface area contributed by atoms with Gasteiger partial charge in [-0.05, 0) is 55.9 Å². The molecule has 4 bridgehead atoms. The average Bonchev–Trinajstić information content (AvgIpc) is 3.04. The first kappa shape index (κ1) is 15.3. The summed E-state index contributed by atoms with van der Waals surface area (Å²) in [5.41, 5.74) is 1.48. The van der Waals surface area contributed by atoms with E-state index in [1.54, 1.807) is 6.20 Å². The number of aromatic nitrogens is 2. The Morgan fingerprint density at radius 2 is 2.08 bits per heavy atom. The van der Waals surface area contributed by atoms with Gasteiger partial charge in [0.15, 0.2) is 5.78 Å². The minimum Gasteiger partial charge on any atom is -0.390 e. The zero-order chi connectivity index (χ0) is 17.2. The number of hydrogen-bond donors (Lipinski definition) is 4. The van der Waals surface area contributed by atoms with Crippen molar-refractivity contribution in [2.45, 2.75) is 43.7 Å². The molecule has 6 nitrogen and oxygen atoms in total. The number of nitrogens with one attached hydrogen (secondary N) is 2. The third-order valence-corrected chi connectivity index (χ3v) is 6.58. The summed E-state index contributed by atoms with van der Waals surface area (Å²) in [5, 5.41) is 24.6. The third-order valence-electron chi connectivity index (χ3n) is 6.58. The predicted octanol–water partition coefficient (Wildman–Crippen LogP) is 2.09. The molecule has 4 aliphatic rings. The molecule has 6 rings (SSSR count). The number of anilines is 1. The Morgan fingerprint density at radius 3 is 2.76 bits per heavy atom. The number of aliphatic hydroxyl groups excluding tert-OH is 1. The van der Waals surface area contributed by atoms with Crippen molar-refractivity contribution in [1.82, 2.24) is 9.97 Å². The van der Waals surface area contributed by atoms with E-state index in [1.165, 1.54) is 0 Å². The van der Waals surface area contributed by atoms with Crippen LogP contribution in [0.3, 0.4) is 0 Å². The lowest BCUT2D eigenvalue weighted by atomic mass is 9.52. The zero-order valence-corrected chi connectivity index (χ0v) is 14.0. The second kappa shape index (κ2) is 5.29. The van der Waals surface area contributed by atoms with Crippen molar-refractivity contribution >= 4 is 22.5 Å². The van der Waals surface area contributed by atoms with Gasteiger partial charge in [-0.1, -0.05) is 0 Å². The summed E-state index contributed by atoms with van der Waals surface area (Å²) in [6.07, 6.45) is 8.32. The summed E-state index contributed by atoms with van der Waals surface area (Å²) >= 11 is 0. The van der Waals surface area contributed by atoms with Crippen molar-refractivity contribution in [1.29, 1.82) is 0 Å². The number of rotatable bonds is 4. The van der Waals surface area contributed by atoms with Crippen molar-refractivity contribution in [3.05, 3.63) is 24.0 Å². The van der Waals surface area contributed by atoms with Crippen LogP contribution in [0.25, 0.3) is 11.0 Å². The molecular formula is C19H23N3O3. The Hall–Kier alpha value is -1.92. The minimum absolute atomic E-state index is 0.266. The van der Waals surface area contributed by atoms with Gasteiger partial charge in [-0.15, -0.1) is 0 Å². The second-order valence-corrected chi connectivity index (χ2v) is 8.23. The van der Waals surface area contributed by atoms with Gasteiger partial charge in [0.05, 0.1) is 16.9 Å². The highest BCUT2D eigenvalue weighted by Gasteiger charge is 2.54. The molecule has 1 unspecified atom stereocenters. The first-order valence-electron chi connectivity index (χ1n) is 9.15. The molecule has 0 saturated heterocycles. The molecule has 2 heterocycles. The van der Waals surface area contributed by atoms with Crippen LogP contribution in [0.15, 0.2) is 18.5 Å². The lowest BCUT2D eigenvalue weighted by Gasteiger charge is -2.58. The Kier molecular flexibility index (Phi) is 3.24. The molecule has 4 N–H and O–H groups in total. The predicted molar refractivity (Wildman–Crippen MR) is 93.4 cm³/mol. The smallest absolute Gasteiger partial charge is 0.191 e. The second-order valence-electron chi connectivity index (χ2n) is 8.23. The van der Waals surface area contributed by atoms with E-state index >= 15 is 0 Å². The maximum absolute atomic E-state index is 12.2. The minimum atomic E-state index is -0.522. The van der Waals surface area contributed by atoms with E-state index in [2.05, 4.69) is 15.3 Å². The molecule has 25 heavy (non-hydrogen) atoms. The molecule has 4 saturated carbocycles. The van der Waals surface area contributed by atoms with Crippen molar-refractivity contribution in [3.8, 4) is 0 Å². The van der Waals surface area contributed by atoms with Gasteiger partial charge in [0.25, 0.3) is 0 Å². The first-order chi connectivity index (χ1) is 12.1. The number of aromatic amines is 1. The number of fused-ring (bicyclic) bond motifs is 1. The van der Waals surface area contributed by atoms with Crippen molar-refractivity contribution < 1.29 is 15.0 Å². The number of hydrogen-bond acceptors (Lipinski definition) is 5. The van der Waals surface area contributed by atoms with Crippen molar-refractivity contribution in [2.24, 2.45) is 17.8 Å². The van der Waals surface area contributed by atoms with Gasteiger partial charge in [0.2, 0.25) is 0 Å². The largest absolute Gasteiger partial charge is 0.390 e. The standard InChI is InChI=1S/C19H23N3O3/c23-9-15(24)14-8-21-18-13(1-2-20-18)17(14)22-16-11-3-10-4-12(16)7-19(25,5-10)6-11/h1-2,8,10-12,16,23,25H,3-7,9H2,(H2,20,21,22)/t10?,11-,12+,16-,19-. The van der Waals surface area contributed by atoms with Gasteiger partial charge >= 0.3 is 0 Å². The average molecular weight is 341 g/mol. The van der Waals surface area contributed by atoms with Crippen molar-refractivity contribution in [3.63, 3.8) is 0 Å². The maximum Gasteiger partial charge on any atom is 0.191 e. The molecule has 6 heteroatoms. The lowest BCUT2D eigenvalue weighted by molar-refractivity contribution is -0.129. The molecule has 4 aliphatic carbocycles. The number of nitrogens with zero attached hydrogens (tertiary/aromatic N) is 1. The van der Waals surface area contributed by atoms with E-state index in [0.29, 0.717) is 23.3 Å². The molecule has 132 valence electrons. The number of carbonyl (C=O) groups excluding carboxylic acids is 1. The monoisotopic (exact) mass is 341 g/mol. The van der Waals surface area contributed by atoms with Gasteiger partial charge in [0.1, 0.15) is 12.3 Å². The van der Waals surface area contributed by atoms with Crippen LogP contribution in [-0.4, -0.2) is 44.2 Å². The van der Waals surface area contributed by atoms with E-state index in [4.69, 9.17) is 0 Å². The number of aliphatic hydroxyl groups is 2. The SMILES string of the molecule is O=C(CO)c1cnc2[nH]ccc2c1N[C@@H]1[C@@H]2CC3C[C@H]1C[C@@](O)(C3)C2. The molecule has 2 aromatic rings. The van der Waals surface area contributed by atoms with Gasteiger partial charge in [-0.3, -0.25) is 4.79 Å². The number of ketones is 1. The molecule has 0 spiro atoms. The third kappa shape index (κ3) is 2.31. The Balaban J connectivity index is 1.54. The number of pyridine rings is 1. The fourth-order valence-electron chi connectivity index (χ4n) is 5.84. The highest BCUT2D eigenvalue weighted by atomic mass is 16.3. The molecule has 0 aliphatic heterocycles. The van der Waals surface area contributed by atoms with Crippen LogP contribution in [0, 0.1) is 17.8 Å². The van der Waals surface area contributed by atoms with Crippen LogP contribution in [0.4, 0.5) is 5.69 Å². The summed E-state index contributed by atoms with van der Waals surface area (Å²) in [7, 11) is 0. The summed E-state index contributed by atoms with van der Waals surface area (Å²) < 4.78 is 0. The Labute approximate surface area is 145 Å². The van der Waals surface area contributed by atoms with Crippen LogP contribution >= 0.6 is 0 Å². The molecule has 0 amide bonds. The van der Waals surface area contributed by atoms with Gasteiger partial charge in [-0.2, -0.15) is 0 Å². The van der Waals surface area contributed by atoms with E-state index in [0.717, 1.165) is 48.8 Å². The highest BCUT2D eigenvalue weighted by Crippen LogP contribution is 2.56. The Bertz CT molecular complexity index is 830. The first-order valence-corrected chi connectivity index (χ1v) is 9.15. The van der Waals surface area contributed by atoms with Crippen LogP contribution in [0.1, 0.15) is 42.5 Å². The molecule has 4 fully saturated rings. The fraction of sp³-hybridized carbons (Fsp3) is 0.579. The normalized spacial score (nSPS) is 36.1.